The number of carbonyl (C=O) groups is 1. The molecule has 1 aliphatic heterocycles. The van der Waals surface area contributed by atoms with Crippen LogP contribution in [0, 0.1) is 0 Å². The van der Waals surface area contributed by atoms with Crippen LogP contribution in [0.5, 0.6) is 11.5 Å². The molecule has 7 nitrogen and oxygen atoms in total. The monoisotopic (exact) mass is 506 g/mol. The van der Waals surface area contributed by atoms with Gasteiger partial charge in [0.2, 0.25) is 0 Å². The Morgan fingerprint density at radius 2 is 1.78 bits per heavy atom. The molecule has 0 saturated carbocycles. The van der Waals surface area contributed by atoms with Gasteiger partial charge in [0.15, 0.2) is 4.80 Å². The second-order valence-corrected chi connectivity index (χ2v) is 9.52. The molecule has 0 N–H and O–H groups in total. The number of hydrogen-bond acceptors (Lipinski definition) is 7. The van der Waals surface area contributed by atoms with Crippen molar-refractivity contribution in [3.05, 3.63) is 90.6 Å². The smallest absolute Gasteiger partial charge is 0.338 e. The number of benzene rings is 2. The molecule has 0 radical (unpaired) electrons. The zero-order valence-electron chi connectivity index (χ0n) is 21.1. The van der Waals surface area contributed by atoms with Gasteiger partial charge in [0.25, 0.3) is 5.56 Å². The van der Waals surface area contributed by atoms with Gasteiger partial charge in [-0.3, -0.25) is 9.36 Å². The Morgan fingerprint density at radius 1 is 1.08 bits per heavy atom. The number of hydrogen-bond donors (Lipinski definition) is 0. The summed E-state index contributed by atoms with van der Waals surface area (Å²) in [5.74, 6) is 0.931. The third-order valence-corrected chi connectivity index (χ3v) is 6.58. The standard InChI is InChI=1S/C28H30N2O5S/c1-6-33-21-14-12-19(13-15-21)25-24(27(32)35-17(3)4)18(5)29-28-30(25)26(31)23(36-28)16-20-10-8-9-11-22(20)34-7-2/h8-17,25H,6-7H2,1-5H3/b23-16+/t25-/m1/s1. The minimum atomic E-state index is -0.674. The van der Waals surface area contributed by atoms with Crippen LogP contribution in [0.25, 0.3) is 6.08 Å². The first-order chi connectivity index (χ1) is 17.3. The van der Waals surface area contributed by atoms with Gasteiger partial charge < -0.3 is 14.2 Å². The first kappa shape index (κ1) is 25.4. The van der Waals surface area contributed by atoms with Crippen LogP contribution in [-0.2, 0) is 9.53 Å². The van der Waals surface area contributed by atoms with Gasteiger partial charge in [0, 0.05) is 5.56 Å². The van der Waals surface area contributed by atoms with Crippen LogP contribution in [0.4, 0.5) is 0 Å². The van der Waals surface area contributed by atoms with Gasteiger partial charge in [-0.2, -0.15) is 0 Å². The topological polar surface area (TPSA) is 79.1 Å². The lowest BCUT2D eigenvalue weighted by atomic mass is 9.96. The number of rotatable bonds is 8. The molecule has 2 aromatic carbocycles. The molecule has 0 unspecified atom stereocenters. The lowest BCUT2D eigenvalue weighted by molar-refractivity contribution is -0.143. The number of ether oxygens (including phenoxy) is 3. The molecule has 2 heterocycles. The zero-order chi connectivity index (χ0) is 25.8. The first-order valence-electron chi connectivity index (χ1n) is 12.0. The predicted octanol–water partition coefficient (Wildman–Crippen LogP) is 3.98. The zero-order valence-corrected chi connectivity index (χ0v) is 21.9. The van der Waals surface area contributed by atoms with Gasteiger partial charge in [0.05, 0.1) is 41.2 Å². The van der Waals surface area contributed by atoms with E-state index in [4.69, 9.17) is 14.2 Å². The molecule has 1 atom stereocenters. The van der Waals surface area contributed by atoms with Crippen molar-refractivity contribution in [3.63, 3.8) is 0 Å². The highest BCUT2D eigenvalue weighted by Gasteiger charge is 2.33. The fourth-order valence-corrected chi connectivity index (χ4v) is 5.15. The Labute approximate surface area is 214 Å². The van der Waals surface area contributed by atoms with Crippen LogP contribution in [0.1, 0.15) is 51.8 Å². The third-order valence-electron chi connectivity index (χ3n) is 5.60. The van der Waals surface area contributed by atoms with Gasteiger partial charge in [-0.05, 0) is 64.5 Å². The van der Waals surface area contributed by atoms with Crippen molar-refractivity contribution in [1.82, 2.24) is 4.57 Å². The van der Waals surface area contributed by atoms with Gasteiger partial charge in [0.1, 0.15) is 11.5 Å². The maximum atomic E-state index is 13.8. The van der Waals surface area contributed by atoms with E-state index in [-0.39, 0.29) is 11.7 Å². The number of para-hydroxylation sites is 1. The van der Waals surface area contributed by atoms with E-state index in [9.17, 15) is 9.59 Å². The predicted molar refractivity (Wildman–Crippen MR) is 140 cm³/mol. The van der Waals surface area contributed by atoms with Crippen molar-refractivity contribution in [2.45, 2.75) is 46.8 Å². The van der Waals surface area contributed by atoms with Gasteiger partial charge >= 0.3 is 5.97 Å². The van der Waals surface area contributed by atoms with Crippen LogP contribution < -0.4 is 24.4 Å². The molecule has 0 saturated heterocycles. The Morgan fingerprint density at radius 3 is 2.44 bits per heavy atom. The molecule has 4 rings (SSSR count). The Bertz CT molecular complexity index is 1460. The molecular weight excluding hydrogens is 476 g/mol. The fourth-order valence-electron chi connectivity index (χ4n) is 4.12. The van der Waals surface area contributed by atoms with Crippen LogP contribution in [0.3, 0.4) is 0 Å². The van der Waals surface area contributed by atoms with E-state index >= 15 is 0 Å². The number of esters is 1. The first-order valence-corrected chi connectivity index (χ1v) is 12.8. The minimum absolute atomic E-state index is 0.230. The summed E-state index contributed by atoms with van der Waals surface area (Å²) in [7, 11) is 0. The van der Waals surface area contributed by atoms with E-state index in [0.29, 0.717) is 45.3 Å². The average molecular weight is 507 g/mol. The van der Waals surface area contributed by atoms with Crippen molar-refractivity contribution >= 4 is 23.4 Å². The summed E-state index contributed by atoms with van der Waals surface area (Å²) in [6.45, 7) is 10.3. The quantitative estimate of drug-likeness (QED) is 0.432. The summed E-state index contributed by atoms with van der Waals surface area (Å²) in [5, 5.41) is 0. The van der Waals surface area contributed by atoms with E-state index in [1.165, 1.54) is 11.3 Å². The average Bonchev–Trinajstić information content (AvgIpc) is 3.14. The Hall–Kier alpha value is -3.65. The minimum Gasteiger partial charge on any atom is -0.494 e. The molecule has 1 aliphatic rings. The molecule has 0 fully saturated rings. The van der Waals surface area contributed by atoms with E-state index in [1.807, 2.05) is 68.5 Å². The summed E-state index contributed by atoms with van der Waals surface area (Å²) >= 11 is 1.29. The van der Waals surface area contributed by atoms with Crippen LogP contribution >= 0.6 is 11.3 Å². The van der Waals surface area contributed by atoms with Crippen molar-refractivity contribution < 1.29 is 19.0 Å². The van der Waals surface area contributed by atoms with E-state index < -0.39 is 12.0 Å². The molecular formula is C28H30N2O5S. The molecule has 0 spiro atoms. The summed E-state index contributed by atoms with van der Waals surface area (Å²) in [6.07, 6.45) is 1.51. The number of aromatic nitrogens is 1. The van der Waals surface area contributed by atoms with Gasteiger partial charge in [-0.1, -0.05) is 41.7 Å². The second kappa shape index (κ2) is 11.0. The molecule has 0 amide bonds. The fraction of sp³-hybridized carbons (Fsp3) is 0.321. The normalized spacial score (nSPS) is 15.5. The number of allylic oxidation sites excluding steroid dienone is 1. The van der Waals surface area contributed by atoms with Crippen LogP contribution in [0.15, 0.2) is 69.6 Å². The molecule has 0 aliphatic carbocycles. The maximum Gasteiger partial charge on any atom is 0.338 e. The highest BCUT2D eigenvalue weighted by atomic mass is 32.1. The Balaban J connectivity index is 1.91. The molecule has 36 heavy (non-hydrogen) atoms. The maximum absolute atomic E-state index is 13.8. The largest absolute Gasteiger partial charge is 0.494 e. The summed E-state index contributed by atoms with van der Waals surface area (Å²) in [6, 6.07) is 14.3. The van der Waals surface area contributed by atoms with Crippen molar-refractivity contribution in [1.29, 1.82) is 0 Å². The van der Waals surface area contributed by atoms with E-state index in [1.54, 1.807) is 25.3 Å². The third kappa shape index (κ3) is 5.14. The lowest BCUT2D eigenvalue weighted by Gasteiger charge is -2.25. The van der Waals surface area contributed by atoms with Gasteiger partial charge in [-0.15, -0.1) is 0 Å². The number of thiazole rings is 1. The summed E-state index contributed by atoms with van der Waals surface area (Å²) < 4.78 is 19.0. The number of nitrogens with zero attached hydrogens (tertiary/aromatic N) is 2. The second-order valence-electron chi connectivity index (χ2n) is 8.51. The Kier molecular flexibility index (Phi) is 7.74. The van der Waals surface area contributed by atoms with Crippen molar-refractivity contribution in [3.8, 4) is 11.5 Å². The van der Waals surface area contributed by atoms with E-state index in [0.717, 1.165) is 11.1 Å². The molecule has 0 bridgehead atoms. The highest BCUT2D eigenvalue weighted by Crippen LogP contribution is 2.32. The molecule has 1 aromatic heterocycles. The molecule has 8 heteroatoms. The SMILES string of the molecule is CCOc1ccc([C@@H]2C(C(=O)OC(C)C)=C(C)N=c3s/c(=C/c4ccccc4OCC)c(=O)n32)cc1. The van der Waals surface area contributed by atoms with Gasteiger partial charge in [-0.25, -0.2) is 9.79 Å². The van der Waals surface area contributed by atoms with E-state index in [2.05, 4.69) is 4.99 Å². The van der Waals surface area contributed by atoms with Crippen molar-refractivity contribution in [2.24, 2.45) is 4.99 Å². The van der Waals surface area contributed by atoms with Crippen LogP contribution in [-0.4, -0.2) is 29.9 Å². The number of carbonyl (C=O) groups excluding carboxylic acids is 1. The van der Waals surface area contributed by atoms with Crippen LogP contribution in [0.2, 0.25) is 0 Å². The molecule has 188 valence electrons. The number of fused-ring (bicyclic) bond motifs is 1. The lowest BCUT2D eigenvalue weighted by Crippen LogP contribution is -2.40. The summed E-state index contributed by atoms with van der Waals surface area (Å²) in [5.41, 5.74) is 2.22. The van der Waals surface area contributed by atoms with Crippen molar-refractivity contribution in [2.75, 3.05) is 13.2 Å². The highest BCUT2D eigenvalue weighted by molar-refractivity contribution is 7.07. The summed E-state index contributed by atoms with van der Waals surface area (Å²) in [4.78, 5) is 32.2. The molecule has 3 aromatic rings.